The van der Waals surface area contributed by atoms with Gasteiger partial charge < -0.3 is 10.1 Å². The van der Waals surface area contributed by atoms with E-state index < -0.39 is 6.36 Å². The van der Waals surface area contributed by atoms with Gasteiger partial charge in [-0.05, 0) is 24.3 Å². The maximum Gasteiger partial charge on any atom is 0.573 e. The number of nitrogens with zero attached hydrogens (tertiary/aromatic N) is 1. The molecular weight excluding hydrogens is 257 g/mol. The van der Waals surface area contributed by atoms with Crippen LogP contribution in [0.15, 0.2) is 42.5 Å². The lowest BCUT2D eigenvalue weighted by molar-refractivity contribution is -0.274. The molecule has 6 heteroatoms. The molecule has 1 aromatic heterocycles. The minimum atomic E-state index is -4.73. The van der Waals surface area contributed by atoms with Crippen LogP contribution in [0.1, 0.15) is 0 Å². The van der Waals surface area contributed by atoms with Crippen molar-refractivity contribution in [3.05, 3.63) is 42.5 Å². The summed E-state index contributed by atoms with van der Waals surface area (Å²) in [4.78, 5) is 4.19. The lowest BCUT2D eigenvalue weighted by Crippen LogP contribution is -2.17. The van der Waals surface area contributed by atoms with Crippen LogP contribution in [0.25, 0.3) is 11.3 Å². The Kier molecular flexibility index (Phi) is 3.59. The second-order valence-corrected chi connectivity index (χ2v) is 3.70. The Morgan fingerprint density at radius 3 is 2.47 bits per heavy atom. The molecule has 1 N–H and O–H groups in total. The van der Waals surface area contributed by atoms with E-state index in [0.29, 0.717) is 11.5 Å². The van der Waals surface area contributed by atoms with Gasteiger partial charge in [-0.3, -0.25) is 0 Å². The number of benzene rings is 1. The Bertz CT molecular complexity index is 570. The molecule has 0 bridgehead atoms. The second-order valence-electron chi connectivity index (χ2n) is 3.70. The van der Waals surface area contributed by atoms with E-state index >= 15 is 0 Å². The third kappa shape index (κ3) is 3.37. The maximum atomic E-state index is 12.3. The van der Waals surface area contributed by atoms with Crippen molar-refractivity contribution in [1.29, 1.82) is 0 Å². The number of aromatic nitrogens is 1. The summed E-state index contributed by atoms with van der Waals surface area (Å²) in [5.41, 5.74) is 0.698. The van der Waals surface area contributed by atoms with E-state index in [0.717, 1.165) is 0 Å². The van der Waals surface area contributed by atoms with Crippen LogP contribution in [-0.4, -0.2) is 18.4 Å². The Hall–Kier alpha value is -2.24. The van der Waals surface area contributed by atoms with Gasteiger partial charge in [0.1, 0.15) is 11.6 Å². The van der Waals surface area contributed by atoms with Crippen molar-refractivity contribution in [2.75, 3.05) is 12.4 Å². The monoisotopic (exact) mass is 268 g/mol. The fraction of sp³-hybridized carbons (Fsp3) is 0.154. The first kappa shape index (κ1) is 13.2. The number of rotatable bonds is 3. The van der Waals surface area contributed by atoms with E-state index in [1.54, 1.807) is 31.3 Å². The van der Waals surface area contributed by atoms with Crippen LogP contribution in [0.4, 0.5) is 19.0 Å². The first-order valence-corrected chi connectivity index (χ1v) is 5.49. The standard InChI is InChI=1S/C13H11F3N2O/c1-17-12-8-4-6-10(18-12)9-5-2-3-7-11(9)19-13(14,15)16/h2-8H,1H3,(H,17,18). The zero-order chi connectivity index (χ0) is 13.9. The molecule has 0 aliphatic rings. The van der Waals surface area contributed by atoms with Crippen molar-refractivity contribution in [2.24, 2.45) is 0 Å². The summed E-state index contributed by atoms with van der Waals surface area (Å²) in [6, 6.07) is 11.0. The number of ether oxygens (including phenoxy) is 1. The highest BCUT2D eigenvalue weighted by Crippen LogP contribution is 2.32. The van der Waals surface area contributed by atoms with Crippen molar-refractivity contribution >= 4 is 5.82 Å². The fourth-order valence-corrected chi connectivity index (χ4v) is 1.62. The van der Waals surface area contributed by atoms with E-state index in [1.807, 2.05) is 0 Å². The summed E-state index contributed by atoms with van der Waals surface area (Å²) in [6.07, 6.45) is -4.73. The summed E-state index contributed by atoms with van der Waals surface area (Å²) in [7, 11) is 1.68. The van der Waals surface area contributed by atoms with Crippen molar-refractivity contribution in [2.45, 2.75) is 6.36 Å². The van der Waals surface area contributed by atoms with Gasteiger partial charge in [-0.15, -0.1) is 13.2 Å². The predicted octanol–water partition coefficient (Wildman–Crippen LogP) is 3.69. The second kappa shape index (κ2) is 5.17. The van der Waals surface area contributed by atoms with Gasteiger partial charge in [0.2, 0.25) is 0 Å². The van der Waals surface area contributed by atoms with Gasteiger partial charge in [-0.1, -0.05) is 18.2 Å². The van der Waals surface area contributed by atoms with Gasteiger partial charge in [0.05, 0.1) is 5.69 Å². The van der Waals surface area contributed by atoms with Crippen LogP contribution in [-0.2, 0) is 0 Å². The van der Waals surface area contributed by atoms with Gasteiger partial charge in [0.25, 0.3) is 0 Å². The van der Waals surface area contributed by atoms with Crippen LogP contribution in [0, 0.1) is 0 Å². The third-order valence-corrected chi connectivity index (χ3v) is 2.39. The van der Waals surface area contributed by atoms with Crippen molar-refractivity contribution in [1.82, 2.24) is 4.98 Å². The minimum absolute atomic E-state index is 0.268. The largest absolute Gasteiger partial charge is 0.573 e. The molecule has 0 spiro atoms. The fourth-order valence-electron chi connectivity index (χ4n) is 1.62. The van der Waals surface area contributed by atoms with Gasteiger partial charge >= 0.3 is 6.36 Å². The average molecular weight is 268 g/mol. The molecular formula is C13H11F3N2O. The van der Waals surface area contributed by atoms with E-state index in [2.05, 4.69) is 15.0 Å². The number of hydrogen-bond acceptors (Lipinski definition) is 3. The van der Waals surface area contributed by atoms with Crippen LogP contribution >= 0.6 is 0 Å². The van der Waals surface area contributed by atoms with Crippen LogP contribution < -0.4 is 10.1 Å². The van der Waals surface area contributed by atoms with Gasteiger partial charge in [0, 0.05) is 12.6 Å². The molecule has 100 valence electrons. The smallest absolute Gasteiger partial charge is 0.405 e. The summed E-state index contributed by atoms with van der Waals surface area (Å²) in [6.45, 7) is 0. The number of nitrogens with one attached hydrogen (secondary N) is 1. The number of halogens is 3. The third-order valence-electron chi connectivity index (χ3n) is 2.39. The van der Waals surface area contributed by atoms with E-state index in [4.69, 9.17) is 0 Å². The molecule has 0 unspecified atom stereocenters. The Labute approximate surface area is 108 Å². The number of anilines is 1. The number of hydrogen-bond donors (Lipinski definition) is 1. The highest BCUT2D eigenvalue weighted by atomic mass is 19.4. The SMILES string of the molecule is CNc1cccc(-c2ccccc2OC(F)(F)F)n1. The van der Waals surface area contributed by atoms with E-state index in [1.165, 1.54) is 18.2 Å². The minimum Gasteiger partial charge on any atom is -0.405 e. The van der Waals surface area contributed by atoms with Crippen molar-refractivity contribution in [3.8, 4) is 17.0 Å². The molecule has 0 saturated carbocycles. The molecule has 0 radical (unpaired) electrons. The molecule has 0 atom stereocenters. The average Bonchev–Trinajstić information content (AvgIpc) is 2.37. The molecule has 2 rings (SSSR count). The molecule has 1 aromatic carbocycles. The van der Waals surface area contributed by atoms with Gasteiger partial charge in [0.15, 0.2) is 0 Å². The molecule has 0 aliphatic carbocycles. The molecule has 0 saturated heterocycles. The molecule has 1 heterocycles. The lowest BCUT2D eigenvalue weighted by atomic mass is 10.1. The molecule has 19 heavy (non-hydrogen) atoms. The van der Waals surface area contributed by atoms with Crippen LogP contribution in [0.2, 0.25) is 0 Å². The predicted molar refractivity (Wildman–Crippen MR) is 65.9 cm³/mol. The number of pyridine rings is 1. The first-order valence-electron chi connectivity index (χ1n) is 5.49. The molecule has 0 amide bonds. The molecule has 0 aliphatic heterocycles. The highest BCUT2D eigenvalue weighted by Gasteiger charge is 2.32. The topological polar surface area (TPSA) is 34.1 Å². The van der Waals surface area contributed by atoms with Gasteiger partial charge in [-0.2, -0.15) is 0 Å². The van der Waals surface area contributed by atoms with Gasteiger partial charge in [-0.25, -0.2) is 4.98 Å². The lowest BCUT2D eigenvalue weighted by Gasteiger charge is -2.13. The summed E-state index contributed by atoms with van der Waals surface area (Å²) < 4.78 is 41.0. The summed E-state index contributed by atoms with van der Waals surface area (Å²) >= 11 is 0. The number of para-hydroxylation sites is 1. The maximum absolute atomic E-state index is 12.3. The molecule has 2 aromatic rings. The van der Waals surface area contributed by atoms with Crippen molar-refractivity contribution in [3.63, 3.8) is 0 Å². The summed E-state index contributed by atoms with van der Waals surface area (Å²) in [5, 5.41) is 2.83. The molecule has 0 fully saturated rings. The zero-order valence-corrected chi connectivity index (χ0v) is 10.0. The quantitative estimate of drug-likeness (QED) is 0.921. The highest BCUT2D eigenvalue weighted by molar-refractivity contribution is 5.68. The first-order chi connectivity index (χ1) is 8.99. The zero-order valence-electron chi connectivity index (χ0n) is 10.0. The summed E-state index contributed by atoms with van der Waals surface area (Å²) in [5.74, 6) is 0.301. The number of alkyl halides is 3. The van der Waals surface area contributed by atoms with Crippen LogP contribution in [0.3, 0.4) is 0 Å². The van der Waals surface area contributed by atoms with E-state index in [-0.39, 0.29) is 11.3 Å². The Morgan fingerprint density at radius 2 is 1.79 bits per heavy atom. The normalized spacial score (nSPS) is 11.2. The Balaban J connectivity index is 2.44. The van der Waals surface area contributed by atoms with E-state index in [9.17, 15) is 13.2 Å². The van der Waals surface area contributed by atoms with Crippen LogP contribution in [0.5, 0.6) is 5.75 Å². The van der Waals surface area contributed by atoms with Crippen molar-refractivity contribution < 1.29 is 17.9 Å². The molecule has 3 nitrogen and oxygen atoms in total. The Morgan fingerprint density at radius 1 is 1.05 bits per heavy atom.